The van der Waals surface area contributed by atoms with E-state index in [-0.39, 0.29) is 41.3 Å². The summed E-state index contributed by atoms with van der Waals surface area (Å²) in [6.45, 7) is 0.0982. The van der Waals surface area contributed by atoms with Gasteiger partial charge in [-0.15, -0.1) is 0 Å². The van der Waals surface area contributed by atoms with E-state index < -0.39 is 39.7 Å². The molecule has 2 aromatic carbocycles. The van der Waals surface area contributed by atoms with Gasteiger partial charge in [-0.25, -0.2) is 12.8 Å². The molecule has 0 radical (unpaired) electrons. The molecule has 0 saturated carbocycles. The van der Waals surface area contributed by atoms with E-state index in [4.69, 9.17) is 10.2 Å². The number of rotatable bonds is 7. The normalized spacial score (nSPS) is 17.8. The number of nitrogens with two attached hydrogens (primary N) is 1. The Balaban J connectivity index is 1.48. The Kier molecular flexibility index (Phi) is 7.61. The van der Waals surface area contributed by atoms with Gasteiger partial charge in [-0.3, -0.25) is 9.79 Å². The Morgan fingerprint density at radius 1 is 1.24 bits per heavy atom. The molecule has 1 aromatic heterocycles. The highest BCUT2D eigenvalue weighted by Crippen LogP contribution is 2.30. The summed E-state index contributed by atoms with van der Waals surface area (Å²) in [5.74, 6) is -1.08. The summed E-state index contributed by atoms with van der Waals surface area (Å²) < 4.78 is 85.0. The van der Waals surface area contributed by atoms with Crippen LogP contribution in [0.5, 0.6) is 0 Å². The Hall–Kier alpha value is -3.71. The molecular formula is C25H24F4N4O4S. The van der Waals surface area contributed by atoms with Crippen LogP contribution in [-0.4, -0.2) is 50.2 Å². The van der Waals surface area contributed by atoms with Gasteiger partial charge in [0, 0.05) is 37.2 Å². The van der Waals surface area contributed by atoms with Gasteiger partial charge in [0.25, 0.3) is 10.0 Å². The molecule has 1 saturated heterocycles. The van der Waals surface area contributed by atoms with Gasteiger partial charge in [0.05, 0.1) is 5.71 Å². The number of benzene rings is 2. The summed E-state index contributed by atoms with van der Waals surface area (Å²) in [6.07, 6.45) is -3.24. The molecule has 38 heavy (non-hydrogen) atoms. The highest BCUT2D eigenvalue weighted by Gasteiger charge is 2.41. The lowest BCUT2D eigenvalue weighted by Gasteiger charge is -2.22. The highest BCUT2D eigenvalue weighted by atomic mass is 32.2. The fourth-order valence-electron chi connectivity index (χ4n) is 4.18. The monoisotopic (exact) mass is 552 g/mol. The smallest absolute Gasteiger partial charge is 0.430 e. The molecule has 0 spiro atoms. The van der Waals surface area contributed by atoms with Gasteiger partial charge in [-0.2, -0.15) is 17.5 Å². The zero-order valence-corrected chi connectivity index (χ0v) is 20.9. The minimum Gasteiger partial charge on any atom is -0.443 e. The number of halogens is 4. The predicted molar refractivity (Wildman–Crippen MR) is 132 cm³/mol. The van der Waals surface area contributed by atoms with Gasteiger partial charge >= 0.3 is 6.18 Å². The molecule has 8 nitrogen and oxygen atoms in total. The number of nitrogens with zero attached hydrogens (tertiary/aromatic N) is 2. The average Bonchev–Trinajstić information content (AvgIpc) is 3.53. The third kappa shape index (κ3) is 5.73. The van der Waals surface area contributed by atoms with Gasteiger partial charge < -0.3 is 15.5 Å². The van der Waals surface area contributed by atoms with Crippen molar-refractivity contribution in [3.63, 3.8) is 0 Å². The molecular weight excluding hydrogens is 528 g/mol. The van der Waals surface area contributed by atoms with E-state index in [0.717, 1.165) is 22.5 Å². The molecule has 1 atom stereocenters. The maximum Gasteiger partial charge on any atom is 0.430 e. The second kappa shape index (κ2) is 10.6. The van der Waals surface area contributed by atoms with Gasteiger partial charge in [0.15, 0.2) is 0 Å². The third-order valence-electron chi connectivity index (χ3n) is 6.07. The minimum absolute atomic E-state index is 0.00353. The SMILES string of the molecule is CN=C(C=C(N)C(F)(F)F)c1cccc(CNC(=O)[C@@H]2CCCN2S(=O)(=O)c2cc3cc(F)ccc3o2)c1. The van der Waals surface area contributed by atoms with Crippen LogP contribution >= 0.6 is 0 Å². The Labute approximate surface area is 215 Å². The molecule has 2 heterocycles. The highest BCUT2D eigenvalue weighted by molar-refractivity contribution is 7.89. The molecule has 202 valence electrons. The second-order valence-corrected chi connectivity index (χ2v) is 10.5. The minimum atomic E-state index is -4.70. The van der Waals surface area contributed by atoms with Crippen LogP contribution in [0.3, 0.4) is 0 Å². The van der Waals surface area contributed by atoms with E-state index in [1.165, 1.54) is 19.2 Å². The fraction of sp³-hybridized carbons (Fsp3) is 0.280. The summed E-state index contributed by atoms with van der Waals surface area (Å²) in [5.41, 5.74) is 4.94. The van der Waals surface area contributed by atoms with Crippen molar-refractivity contribution in [2.24, 2.45) is 10.7 Å². The Morgan fingerprint density at radius 2 is 2.00 bits per heavy atom. The van der Waals surface area contributed by atoms with Crippen LogP contribution in [0, 0.1) is 5.82 Å². The van der Waals surface area contributed by atoms with Crippen molar-refractivity contribution in [2.75, 3.05) is 13.6 Å². The molecule has 4 rings (SSSR count). The number of hydrogen-bond acceptors (Lipinski definition) is 6. The standard InChI is InChI=1S/C25H24F4N4O4S/c1-31-19(13-22(30)25(27,28)29)16-5-2-4-15(10-16)14-32-24(34)20-6-3-9-33(20)38(35,36)23-12-17-11-18(26)7-8-21(17)37-23/h2,4-5,7-8,10-13,20H,3,6,9,14,30H2,1H3,(H,32,34)/t20-/m0/s1. The average molecular weight is 553 g/mol. The first-order valence-electron chi connectivity index (χ1n) is 11.5. The van der Waals surface area contributed by atoms with E-state index in [9.17, 15) is 30.8 Å². The van der Waals surface area contributed by atoms with E-state index in [1.54, 1.807) is 24.3 Å². The predicted octanol–water partition coefficient (Wildman–Crippen LogP) is 3.87. The van der Waals surface area contributed by atoms with E-state index in [2.05, 4.69) is 10.3 Å². The van der Waals surface area contributed by atoms with Crippen LogP contribution in [0.1, 0.15) is 24.0 Å². The number of alkyl halides is 3. The quantitative estimate of drug-likeness (QED) is 0.341. The molecule has 3 aromatic rings. The Bertz CT molecular complexity index is 1530. The number of fused-ring (bicyclic) bond motifs is 1. The van der Waals surface area contributed by atoms with Gasteiger partial charge in [0.1, 0.15) is 23.1 Å². The zero-order chi connectivity index (χ0) is 27.7. The maximum atomic E-state index is 13.5. The number of amides is 1. The first-order chi connectivity index (χ1) is 17.9. The molecule has 0 aliphatic carbocycles. The van der Waals surface area contributed by atoms with Crippen molar-refractivity contribution in [3.05, 3.63) is 77.2 Å². The first-order valence-corrected chi connectivity index (χ1v) is 12.9. The number of hydrogen-bond donors (Lipinski definition) is 2. The van der Waals surface area contributed by atoms with Crippen LogP contribution in [-0.2, 0) is 21.4 Å². The molecule has 1 aliphatic rings. The van der Waals surface area contributed by atoms with Crippen LogP contribution in [0.4, 0.5) is 17.6 Å². The van der Waals surface area contributed by atoms with Crippen molar-refractivity contribution < 1.29 is 35.2 Å². The van der Waals surface area contributed by atoms with E-state index >= 15 is 0 Å². The van der Waals surface area contributed by atoms with E-state index in [0.29, 0.717) is 17.5 Å². The number of sulfonamides is 1. The summed E-state index contributed by atoms with van der Waals surface area (Å²) >= 11 is 0. The Morgan fingerprint density at radius 3 is 2.71 bits per heavy atom. The van der Waals surface area contributed by atoms with Crippen molar-refractivity contribution in [2.45, 2.75) is 36.7 Å². The van der Waals surface area contributed by atoms with Crippen LogP contribution in [0.25, 0.3) is 11.0 Å². The van der Waals surface area contributed by atoms with Gasteiger partial charge in [-0.05, 0) is 48.7 Å². The summed E-state index contributed by atoms with van der Waals surface area (Å²) in [6, 6.07) is 10.2. The number of nitrogens with one attached hydrogen (secondary N) is 1. The molecule has 13 heteroatoms. The number of furan rings is 1. The van der Waals surface area contributed by atoms with Gasteiger partial charge in [0.2, 0.25) is 11.0 Å². The maximum absolute atomic E-state index is 13.5. The van der Waals surface area contributed by atoms with Crippen LogP contribution in [0.15, 0.2) is 74.8 Å². The summed E-state index contributed by atoms with van der Waals surface area (Å²) in [5, 5.41) is 2.59. The fourth-order valence-corrected chi connectivity index (χ4v) is 5.78. The number of aliphatic imine (C=N–C) groups is 1. The van der Waals surface area contributed by atoms with Crippen molar-refractivity contribution >= 4 is 32.6 Å². The zero-order valence-electron chi connectivity index (χ0n) is 20.1. The third-order valence-corrected chi connectivity index (χ3v) is 7.84. The molecule has 1 aliphatic heterocycles. The van der Waals surface area contributed by atoms with Crippen molar-refractivity contribution in [1.29, 1.82) is 0 Å². The first kappa shape index (κ1) is 27.3. The van der Waals surface area contributed by atoms with Gasteiger partial charge in [-0.1, -0.05) is 18.2 Å². The van der Waals surface area contributed by atoms with Crippen molar-refractivity contribution in [1.82, 2.24) is 9.62 Å². The topological polar surface area (TPSA) is 118 Å². The second-order valence-electron chi connectivity index (χ2n) is 8.65. The number of allylic oxidation sites excluding steroid dienone is 2. The number of carbonyl (C=O) groups excluding carboxylic acids is 1. The summed E-state index contributed by atoms with van der Waals surface area (Å²) in [4.78, 5) is 16.8. The van der Waals surface area contributed by atoms with Crippen LogP contribution < -0.4 is 11.1 Å². The molecule has 1 fully saturated rings. The number of carbonyl (C=O) groups is 1. The molecule has 3 N–H and O–H groups in total. The van der Waals surface area contributed by atoms with Crippen molar-refractivity contribution in [3.8, 4) is 0 Å². The van der Waals surface area contributed by atoms with Crippen LogP contribution in [0.2, 0.25) is 0 Å². The molecule has 0 unspecified atom stereocenters. The lowest BCUT2D eigenvalue weighted by Crippen LogP contribution is -2.45. The van der Waals surface area contributed by atoms with E-state index in [1.807, 2.05) is 0 Å². The lowest BCUT2D eigenvalue weighted by molar-refractivity contribution is -0.124. The lowest BCUT2D eigenvalue weighted by atomic mass is 10.1. The largest absolute Gasteiger partial charge is 0.443 e. The molecule has 0 bridgehead atoms. The summed E-state index contributed by atoms with van der Waals surface area (Å²) in [7, 11) is -2.85. The molecule has 1 amide bonds.